The first-order valence-corrected chi connectivity index (χ1v) is 5.59. The van der Waals surface area contributed by atoms with Crippen molar-refractivity contribution in [2.75, 3.05) is 0 Å². The van der Waals surface area contributed by atoms with Gasteiger partial charge in [0.1, 0.15) is 12.4 Å². The normalized spacial score (nSPS) is 9.47. The lowest BCUT2D eigenvalue weighted by Crippen LogP contribution is -1.96. The Morgan fingerprint density at radius 1 is 1.06 bits per heavy atom. The first-order valence-electron chi connectivity index (χ1n) is 5.06. The van der Waals surface area contributed by atoms with Gasteiger partial charge in [0, 0.05) is 0 Å². The lowest BCUT2D eigenvalue weighted by atomic mass is 10.2. The number of alkyl halides is 1. The van der Waals surface area contributed by atoms with Crippen LogP contribution in [0.5, 0.6) is 5.75 Å². The summed E-state index contributed by atoms with van der Waals surface area (Å²) in [5.74, 6) is 1.19. The van der Waals surface area contributed by atoms with E-state index in [0.29, 0.717) is 12.5 Å². The van der Waals surface area contributed by atoms with Crippen LogP contribution >= 0.6 is 24.0 Å². The molecule has 0 saturated heterocycles. The van der Waals surface area contributed by atoms with Gasteiger partial charge in [-0.2, -0.15) is 0 Å². The minimum atomic E-state index is 0. The second kappa shape index (κ2) is 7.15. The maximum atomic E-state index is 5.65. The second-order valence-corrected chi connectivity index (χ2v) is 3.66. The van der Waals surface area contributed by atoms with Gasteiger partial charge in [0.05, 0.1) is 17.8 Å². The molecule has 0 saturated carbocycles. The number of hydrogen-bond acceptors (Lipinski definition) is 2. The highest BCUT2D eigenvalue weighted by molar-refractivity contribution is 6.16. The van der Waals surface area contributed by atoms with Crippen LogP contribution in [0.3, 0.4) is 0 Å². The number of benzene rings is 1. The van der Waals surface area contributed by atoms with E-state index < -0.39 is 0 Å². The van der Waals surface area contributed by atoms with Crippen LogP contribution in [0, 0.1) is 0 Å². The number of ether oxygens (including phenoxy) is 1. The molecule has 1 aromatic carbocycles. The number of hydrogen-bond donors (Lipinski definition) is 0. The van der Waals surface area contributed by atoms with Crippen molar-refractivity contribution in [1.82, 2.24) is 4.98 Å². The molecule has 90 valence electrons. The molecular weight excluding hydrogens is 257 g/mol. The molecule has 0 bridgehead atoms. The van der Waals surface area contributed by atoms with Crippen molar-refractivity contribution in [2.45, 2.75) is 12.5 Å². The van der Waals surface area contributed by atoms with Crippen LogP contribution in [-0.4, -0.2) is 4.98 Å². The molecule has 0 N–H and O–H groups in total. The number of pyridine rings is 1. The van der Waals surface area contributed by atoms with Crippen LogP contribution in [0.1, 0.15) is 11.3 Å². The fourth-order valence-electron chi connectivity index (χ4n) is 1.32. The summed E-state index contributed by atoms with van der Waals surface area (Å²) in [6.07, 6.45) is 1.70. The Labute approximate surface area is 112 Å². The minimum absolute atomic E-state index is 0. The Balaban J connectivity index is 0.00000144. The quantitative estimate of drug-likeness (QED) is 0.788. The third-order valence-corrected chi connectivity index (χ3v) is 2.46. The van der Waals surface area contributed by atoms with Crippen LogP contribution in [0.15, 0.2) is 48.7 Å². The van der Waals surface area contributed by atoms with E-state index in [1.165, 1.54) is 0 Å². The van der Waals surface area contributed by atoms with Gasteiger partial charge in [-0.3, -0.25) is 4.98 Å². The molecule has 0 fully saturated rings. The summed E-state index contributed by atoms with van der Waals surface area (Å²) in [4.78, 5) is 4.15. The van der Waals surface area contributed by atoms with Crippen molar-refractivity contribution >= 4 is 24.0 Å². The first kappa shape index (κ1) is 13.8. The number of rotatable bonds is 4. The Hall–Kier alpha value is -1.25. The highest BCUT2D eigenvalue weighted by Crippen LogP contribution is 2.12. The average Bonchev–Trinajstić information content (AvgIpc) is 2.38. The fourth-order valence-corrected chi connectivity index (χ4v) is 1.47. The van der Waals surface area contributed by atoms with E-state index in [1.807, 2.05) is 42.5 Å². The van der Waals surface area contributed by atoms with Crippen LogP contribution in [0.4, 0.5) is 0 Å². The third-order valence-electron chi connectivity index (χ3n) is 2.18. The third kappa shape index (κ3) is 4.25. The molecule has 0 amide bonds. The van der Waals surface area contributed by atoms with Crippen molar-refractivity contribution in [3.63, 3.8) is 0 Å². The number of halogens is 2. The molecule has 4 heteroatoms. The van der Waals surface area contributed by atoms with Gasteiger partial charge in [-0.1, -0.05) is 30.3 Å². The number of nitrogens with zero attached hydrogens (tertiary/aromatic N) is 1. The summed E-state index contributed by atoms with van der Waals surface area (Å²) < 4.78 is 5.59. The van der Waals surface area contributed by atoms with Gasteiger partial charge in [-0.25, -0.2) is 0 Å². The monoisotopic (exact) mass is 269 g/mol. The zero-order valence-corrected chi connectivity index (χ0v) is 10.7. The molecule has 0 unspecified atom stereocenters. The van der Waals surface area contributed by atoms with E-state index in [4.69, 9.17) is 16.3 Å². The molecule has 2 nitrogen and oxygen atoms in total. The van der Waals surface area contributed by atoms with E-state index in [2.05, 4.69) is 4.98 Å². The summed E-state index contributed by atoms with van der Waals surface area (Å²) in [6.45, 7) is 0.558. The van der Waals surface area contributed by atoms with E-state index in [-0.39, 0.29) is 12.4 Å². The zero-order chi connectivity index (χ0) is 11.2. The first-order chi connectivity index (χ1) is 7.88. The fraction of sp³-hybridized carbons (Fsp3) is 0.154. The van der Waals surface area contributed by atoms with Crippen molar-refractivity contribution in [3.05, 3.63) is 59.9 Å². The van der Waals surface area contributed by atoms with Crippen molar-refractivity contribution in [3.8, 4) is 5.75 Å². The molecule has 17 heavy (non-hydrogen) atoms. The molecule has 0 spiro atoms. The van der Waals surface area contributed by atoms with Crippen molar-refractivity contribution < 1.29 is 4.74 Å². The standard InChI is InChI=1S/C13H12ClNO.ClH/c14-8-12-6-7-13(9-15-12)16-10-11-4-2-1-3-5-11;/h1-7,9H,8,10H2;1H. The molecular formula is C13H13Cl2NO. The summed E-state index contributed by atoms with van der Waals surface area (Å²) in [5, 5.41) is 0. The zero-order valence-electron chi connectivity index (χ0n) is 9.17. The lowest BCUT2D eigenvalue weighted by molar-refractivity contribution is 0.305. The van der Waals surface area contributed by atoms with Gasteiger partial charge < -0.3 is 4.74 Å². The molecule has 0 radical (unpaired) electrons. The maximum Gasteiger partial charge on any atom is 0.138 e. The van der Waals surface area contributed by atoms with Gasteiger partial charge in [0.25, 0.3) is 0 Å². The van der Waals surface area contributed by atoms with Gasteiger partial charge in [-0.05, 0) is 17.7 Å². The van der Waals surface area contributed by atoms with E-state index in [9.17, 15) is 0 Å². The Bertz CT molecular complexity index is 431. The maximum absolute atomic E-state index is 5.65. The molecule has 2 rings (SSSR count). The van der Waals surface area contributed by atoms with Gasteiger partial charge >= 0.3 is 0 Å². The highest BCUT2D eigenvalue weighted by atomic mass is 35.5. The molecule has 0 aliphatic heterocycles. The molecule has 0 aliphatic carbocycles. The largest absolute Gasteiger partial charge is 0.487 e. The summed E-state index contributed by atoms with van der Waals surface area (Å²) in [7, 11) is 0. The van der Waals surface area contributed by atoms with Crippen LogP contribution < -0.4 is 4.74 Å². The van der Waals surface area contributed by atoms with Crippen LogP contribution in [0.2, 0.25) is 0 Å². The predicted octanol–water partition coefficient (Wildman–Crippen LogP) is 3.82. The van der Waals surface area contributed by atoms with E-state index >= 15 is 0 Å². The van der Waals surface area contributed by atoms with Crippen molar-refractivity contribution in [1.29, 1.82) is 0 Å². The predicted molar refractivity (Wildman–Crippen MR) is 71.8 cm³/mol. The highest BCUT2D eigenvalue weighted by Gasteiger charge is 1.96. The molecule has 1 heterocycles. The lowest BCUT2D eigenvalue weighted by Gasteiger charge is -2.05. The summed E-state index contributed by atoms with van der Waals surface area (Å²) in [5.41, 5.74) is 2.00. The Morgan fingerprint density at radius 3 is 2.41 bits per heavy atom. The van der Waals surface area contributed by atoms with Crippen LogP contribution in [-0.2, 0) is 12.5 Å². The molecule has 0 aliphatic rings. The van der Waals surface area contributed by atoms with Crippen LogP contribution in [0.25, 0.3) is 0 Å². The van der Waals surface area contributed by atoms with Gasteiger partial charge in [-0.15, -0.1) is 24.0 Å². The smallest absolute Gasteiger partial charge is 0.138 e. The Kier molecular flexibility index (Phi) is 5.81. The minimum Gasteiger partial charge on any atom is -0.487 e. The molecule has 1 aromatic heterocycles. The number of aromatic nitrogens is 1. The van der Waals surface area contributed by atoms with Gasteiger partial charge in [0.15, 0.2) is 0 Å². The second-order valence-electron chi connectivity index (χ2n) is 3.39. The SMILES string of the molecule is Cl.ClCc1ccc(OCc2ccccc2)cn1. The summed E-state index contributed by atoms with van der Waals surface area (Å²) >= 11 is 5.65. The van der Waals surface area contributed by atoms with Crippen molar-refractivity contribution in [2.24, 2.45) is 0 Å². The average molecular weight is 270 g/mol. The van der Waals surface area contributed by atoms with E-state index in [1.54, 1.807) is 6.20 Å². The van der Waals surface area contributed by atoms with E-state index in [0.717, 1.165) is 17.0 Å². The van der Waals surface area contributed by atoms with Gasteiger partial charge in [0.2, 0.25) is 0 Å². The Morgan fingerprint density at radius 2 is 1.82 bits per heavy atom. The molecule has 0 atom stereocenters. The molecule has 2 aromatic rings. The summed E-state index contributed by atoms with van der Waals surface area (Å²) in [6, 6.07) is 13.8. The topological polar surface area (TPSA) is 22.1 Å².